The van der Waals surface area contributed by atoms with Crippen molar-refractivity contribution in [2.45, 2.75) is 0 Å². The van der Waals surface area contributed by atoms with E-state index in [2.05, 4.69) is 10.3 Å². The van der Waals surface area contributed by atoms with Crippen molar-refractivity contribution in [1.82, 2.24) is 10.3 Å². The predicted octanol–water partition coefficient (Wildman–Crippen LogP) is 1.40. The van der Waals surface area contributed by atoms with Crippen molar-refractivity contribution in [2.75, 3.05) is 24.6 Å². The van der Waals surface area contributed by atoms with Crippen LogP contribution in [0.2, 0.25) is 0 Å². The third-order valence-corrected chi connectivity index (χ3v) is 2.40. The SMILES string of the molecule is C1CSCCN1.c1ccncc1. The number of hydrogen-bond donors (Lipinski definition) is 1. The molecule has 1 fully saturated rings. The molecule has 2 nitrogen and oxygen atoms in total. The second-order valence-corrected chi connectivity index (χ2v) is 3.61. The van der Waals surface area contributed by atoms with Crippen LogP contribution in [0.3, 0.4) is 0 Å². The highest BCUT2D eigenvalue weighted by molar-refractivity contribution is 7.99. The van der Waals surface area contributed by atoms with E-state index in [1.54, 1.807) is 12.4 Å². The van der Waals surface area contributed by atoms with Gasteiger partial charge in [0.15, 0.2) is 0 Å². The maximum atomic E-state index is 3.78. The summed E-state index contributed by atoms with van der Waals surface area (Å²) < 4.78 is 0. The summed E-state index contributed by atoms with van der Waals surface area (Å²) in [7, 11) is 0. The molecule has 1 N–H and O–H groups in total. The van der Waals surface area contributed by atoms with Gasteiger partial charge in [0.25, 0.3) is 0 Å². The molecular weight excluding hydrogens is 168 g/mol. The zero-order chi connectivity index (χ0) is 8.49. The predicted molar refractivity (Wildman–Crippen MR) is 54.4 cm³/mol. The van der Waals surface area contributed by atoms with Crippen LogP contribution in [-0.2, 0) is 0 Å². The summed E-state index contributed by atoms with van der Waals surface area (Å²) >= 11 is 2.03. The molecular formula is C9H14N2S. The molecule has 0 aliphatic carbocycles. The van der Waals surface area contributed by atoms with Crippen LogP contribution in [0.4, 0.5) is 0 Å². The van der Waals surface area contributed by atoms with E-state index in [-0.39, 0.29) is 0 Å². The smallest absolute Gasteiger partial charge is 0.0267 e. The Kier molecular flexibility index (Phi) is 5.67. The van der Waals surface area contributed by atoms with Crippen molar-refractivity contribution in [2.24, 2.45) is 0 Å². The molecule has 0 amide bonds. The average Bonchev–Trinajstić information content (AvgIpc) is 2.24. The fourth-order valence-corrected chi connectivity index (χ4v) is 1.61. The van der Waals surface area contributed by atoms with E-state index in [4.69, 9.17) is 0 Å². The summed E-state index contributed by atoms with van der Waals surface area (Å²) in [6.45, 7) is 2.43. The lowest BCUT2D eigenvalue weighted by molar-refractivity contribution is 0.756. The third kappa shape index (κ3) is 5.16. The van der Waals surface area contributed by atoms with Gasteiger partial charge >= 0.3 is 0 Å². The van der Waals surface area contributed by atoms with Gasteiger partial charge in [-0.3, -0.25) is 4.98 Å². The van der Waals surface area contributed by atoms with E-state index in [1.165, 1.54) is 24.6 Å². The zero-order valence-electron chi connectivity index (χ0n) is 7.07. The van der Waals surface area contributed by atoms with Gasteiger partial charge in [0, 0.05) is 37.0 Å². The van der Waals surface area contributed by atoms with Gasteiger partial charge in [0.1, 0.15) is 0 Å². The van der Waals surface area contributed by atoms with Crippen molar-refractivity contribution in [3.05, 3.63) is 30.6 Å². The Morgan fingerprint density at radius 3 is 1.83 bits per heavy atom. The number of aromatic nitrogens is 1. The van der Waals surface area contributed by atoms with E-state index in [0.717, 1.165) is 0 Å². The van der Waals surface area contributed by atoms with Gasteiger partial charge in [-0.2, -0.15) is 11.8 Å². The van der Waals surface area contributed by atoms with Gasteiger partial charge < -0.3 is 5.32 Å². The summed E-state index contributed by atoms with van der Waals surface area (Å²) in [5, 5.41) is 3.26. The molecule has 0 spiro atoms. The quantitative estimate of drug-likeness (QED) is 0.656. The Labute approximate surface area is 77.8 Å². The monoisotopic (exact) mass is 182 g/mol. The molecule has 1 aromatic heterocycles. The molecule has 2 rings (SSSR count). The van der Waals surface area contributed by atoms with Crippen LogP contribution in [-0.4, -0.2) is 29.6 Å². The fraction of sp³-hybridized carbons (Fsp3) is 0.444. The first-order valence-corrected chi connectivity index (χ1v) is 5.29. The van der Waals surface area contributed by atoms with Gasteiger partial charge in [-0.05, 0) is 12.1 Å². The van der Waals surface area contributed by atoms with Crippen molar-refractivity contribution in [3.8, 4) is 0 Å². The Morgan fingerprint density at radius 1 is 1.00 bits per heavy atom. The van der Waals surface area contributed by atoms with Crippen LogP contribution in [0.5, 0.6) is 0 Å². The molecule has 3 heteroatoms. The van der Waals surface area contributed by atoms with Gasteiger partial charge in [-0.15, -0.1) is 0 Å². The molecule has 1 saturated heterocycles. The lowest BCUT2D eigenvalue weighted by Gasteiger charge is -2.08. The number of thioether (sulfide) groups is 1. The number of pyridine rings is 1. The molecule has 12 heavy (non-hydrogen) atoms. The van der Waals surface area contributed by atoms with Crippen LogP contribution in [0.1, 0.15) is 0 Å². The van der Waals surface area contributed by atoms with Crippen LogP contribution >= 0.6 is 11.8 Å². The molecule has 1 aliphatic rings. The Hall–Kier alpha value is -0.540. The summed E-state index contributed by atoms with van der Waals surface area (Å²) in [4.78, 5) is 3.78. The lowest BCUT2D eigenvalue weighted by Crippen LogP contribution is -2.24. The second-order valence-electron chi connectivity index (χ2n) is 2.39. The minimum Gasteiger partial charge on any atom is -0.315 e. The molecule has 0 aromatic carbocycles. The largest absolute Gasteiger partial charge is 0.315 e. The average molecular weight is 182 g/mol. The van der Waals surface area contributed by atoms with Gasteiger partial charge in [-0.25, -0.2) is 0 Å². The Morgan fingerprint density at radius 2 is 1.67 bits per heavy atom. The van der Waals surface area contributed by atoms with Crippen molar-refractivity contribution in [3.63, 3.8) is 0 Å². The van der Waals surface area contributed by atoms with Gasteiger partial charge in [0.2, 0.25) is 0 Å². The molecule has 0 saturated carbocycles. The van der Waals surface area contributed by atoms with E-state index < -0.39 is 0 Å². The fourth-order valence-electron chi connectivity index (χ4n) is 0.828. The maximum Gasteiger partial charge on any atom is 0.0267 e. The van der Waals surface area contributed by atoms with Crippen LogP contribution < -0.4 is 5.32 Å². The normalized spacial score (nSPS) is 16.0. The van der Waals surface area contributed by atoms with Crippen molar-refractivity contribution in [1.29, 1.82) is 0 Å². The Balaban J connectivity index is 0.000000120. The van der Waals surface area contributed by atoms with E-state index in [0.29, 0.717) is 0 Å². The molecule has 0 radical (unpaired) electrons. The van der Waals surface area contributed by atoms with Crippen LogP contribution in [0.15, 0.2) is 30.6 Å². The standard InChI is InChI=1S/C5H5N.C4H9NS/c1-2-4-6-5-3-1;1-3-6-4-2-5-1/h1-5H;5H,1-4H2. The topological polar surface area (TPSA) is 24.9 Å². The zero-order valence-corrected chi connectivity index (χ0v) is 7.89. The molecule has 0 atom stereocenters. The molecule has 2 heterocycles. The summed E-state index contributed by atoms with van der Waals surface area (Å²) in [6, 6.07) is 5.72. The van der Waals surface area contributed by atoms with Gasteiger partial charge in [-0.1, -0.05) is 6.07 Å². The third-order valence-electron chi connectivity index (χ3n) is 1.41. The molecule has 1 aliphatic heterocycles. The maximum absolute atomic E-state index is 3.78. The first-order chi connectivity index (χ1) is 6.00. The highest BCUT2D eigenvalue weighted by atomic mass is 32.2. The number of nitrogens with one attached hydrogen (secondary N) is 1. The number of nitrogens with zero attached hydrogens (tertiary/aromatic N) is 1. The minimum atomic E-state index is 1.21. The van der Waals surface area contributed by atoms with Crippen LogP contribution in [0.25, 0.3) is 0 Å². The van der Waals surface area contributed by atoms with Crippen LogP contribution in [0, 0.1) is 0 Å². The molecule has 66 valence electrons. The summed E-state index contributed by atoms with van der Waals surface area (Å²) in [5.74, 6) is 2.61. The number of hydrogen-bond acceptors (Lipinski definition) is 3. The Bertz CT molecular complexity index is 137. The molecule has 1 aromatic rings. The second kappa shape index (κ2) is 7.13. The highest BCUT2D eigenvalue weighted by Gasteiger charge is 1.93. The first kappa shape index (κ1) is 9.55. The summed E-state index contributed by atoms with van der Waals surface area (Å²) in [6.07, 6.45) is 3.50. The van der Waals surface area contributed by atoms with Crippen molar-refractivity contribution >= 4 is 11.8 Å². The first-order valence-electron chi connectivity index (χ1n) is 4.13. The molecule has 0 bridgehead atoms. The van der Waals surface area contributed by atoms with E-state index in [1.807, 2.05) is 30.0 Å². The van der Waals surface area contributed by atoms with E-state index >= 15 is 0 Å². The molecule has 0 unspecified atom stereocenters. The van der Waals surface area contributed by atoms with E-state index in [9.17, 15) is 0 Å². The highest BCUT2D eigenvalue weighted by Crippen LogP contribution is 1.99. The minimum absolute atomic E-state index is 1.21. The number of rotatable bonds is 0. The van der Waals surface area contributed by atoms with Gasteiger partial charge in [0.05, 0.1) is 0 Å². The lowest BCUT2D eigenvalue weighted by atomic mass is 10.5. The van der Waals surface area contributed by atoms with Crippen molar-refractivity contribution < 1.29 is 0 Å². The summed E-state index contributed by atoms with van der Waals surface area (Å²) in [5.41, 5.74) is 0.